The SMILES string of the molecule is CCOc1ccccc1Cc1ccc(C2CN(C(=O)c3sc(C)nc3C)CCO2)nc1. The molecule has 1 unspecified atom stereocenters. The van der Waals surface area contributed by atoms with Crippen molar-refractivity contribution in [3.8, 4) is 5.75 Å². The van der Waals surface area contributed by atoms with E-state index in [1.54, 1.807) is 0 Å². The lowest BCUT2D eigenvalue weighted by Crippen LogP contribution is -2.42. The molecule has 7 heteroatoms. The van der Waals surface area contributed by atoms with Crippen LogP contribution >= 0.6 is 11.3 Å². The van der Waals surface area contributed by atoms with Crippen LogP contribution in [-0.4, -0.2) is 47.1 Å². The Morgan fingerprint density at radius 3 is 2.81 bits per heavy atom. The summed E-state index contributed by atoms with van der Waals surface area (Å²) in [5.41, 5.74) is 3.89. The van der Waals surface area contributed by atoms with Crippen LogP contribution in [-0.2, 0) is 11.2 Å². The van der Waals surface area contributed by atoms with E-state index < -0.39 is 0 Å². The maximum Gasteiger partial charge on any atom is 0.266 e. The summed E-state index contributed by atoms with van der Waals surface area (Å²) in [7, 11) is 0. The summed E-state index contributed by atoms with van der Waals surface area (Å²) >= 11 is 1.45. The summed E-state index contributed by atoms with van der Waals surface area (Å²) in [4.78, 5) is 24.6. The zero-order valence-electron chi connectivity index (χ0n) is 18.1. The van der Waals surface area contributed by atoms with Gasteiger partial charge in [0.25, 0.3) is 5.91 Å². The molecular formula is C24H27N3O3S. The van der Waals surface area contributed by atoms with Crippen LogP contribution < -0.4 is 4.74 Å². The molecule has 0 radical (unpaired) electrons. The average Bonchev–Trinajstić information content (AvgIpc) is 3.13. The van der Waals surface area contributed by atoms with Gasteiger partial charge in [-0.15, -0.1) is 11.3 Å². The number of benzene rings is 1. The molecule has 4 rings (SSSR count). The van der Waals surface area contributed by atoms with Crippen LogP contribution in [0.25, 0.3) is 0 Å². The fraction of sp³-hybridized carbons (Fsp3) is 0.375. The second-order valence-electron chi connectivity index (χ2n) is 7.57. The number of rotatable bonds is 6. The second kappa shape index (κ2) is 9.58. The van der Waals surface area contributed by atoms with Crippen molar-refractivity contribution in [2.45, 2.75) is 33.3 Å². The molecule has 1 aromatic carbocycles. The number of ether oxygens (including phenoxy) is 2. The Kier molecular flexibility index (Phi) is 6.63. The zero-order chi connectivity index (χ0) is 21.8. The number of carbonyl (C=O) groups is 1. The monoisotopic (exact) mass is 437 g/mol. The summed E-state index contributed by atoms with van der Waals surface area (Å²) < 4.78 is 11.7. The van der Waals surface area contributed by atoms with Crippen LogP contribution in [0, 0.1) is 13.8 Å². The number of nitrogens with zero attached hydrogens (tertiary/aromatic N) is 3. The minimum atomic E-state index is -0.225. The Morgan fingerprint density at radius 1 is 1.26 bits per heavy atom. The van der Waals surface area contributed by atoms with Gasteiger partial charge >= 0.3 is 0 Å². The van der Waals surface area contributed by atoms with E-state index in [1.165, 1.54) is 11.3 Å². The van der Waals surface area contributed by atoms with Gasteiger partial charge in [0, 0.05) is 19.2 Å². The molecule has 0 spiro atoms. The predicted molar refractivity (Wildman–Crippen MR) is 121 cm³/mol. The number of carbonyl (C=O) groups excluding carboxylic acids is 1. The fourth-order valence-corrected chi connectivity index (χ4v) is 4.67. The molecule has 31 heavy (non-hydrogen) atoms. The highest BCUT2D eigenvalue weighted by Crippen LogP contribution is 2.26. The summed E-state index contributed by atoms with van der Waals surface area (Å²) in [6.07, 6.45) is 2.42. The van der Waals surface area contributed by atoms with Crippen LogP contribution in [0.15, 0.2) is 42.6 Å². The number of hydrogen-bond acceptors (Lipinski definition) is 6. The average molecular weight is 438 g/mol. The van der Waals surface area contributed by atoms with Gasteiger partial charge in [-0.3, -0.25) is 9.78 Å². The van der Waals surface area contributed by atoms with Crippen molar-refractivity contribution in [3.05, 3.63) is 75.0 Å². The van der Waals surface area contributed by atoms with Crippen LogP contribution in [0.5, 0.6) is 5.75 Å². The summed E-state index contributed by atoms with van der Waals surface area (Å²) in [6.45, 7) is 8.02. The van der Waals surface area contributed by atoms with E-state index in [9.17, 15) is 4.79 Å². The van der Waals surface area contributed by atoms with Gasteiger partial charge in [-0.2, -0.15) is 0 Å². The lowest BCUT2D eigenvalue weighted by Gasteiger charge is -2.32. The van der Waals surface area contributed by atoms with Gasteiger partial charge in [-0.1, -0.05) is 24.3 Å². The van der Waals surface area contributed by atoms with Gasteiger partial charge in [-0.05, 0) is 44.0 Å². The third-order valence-corrected chi connectivity index (χ3v) is 6.36. The number of aromatic nitrogens is 2. The predicted octanol–water partition coefficient (Wildman–Crippen LogP) is 4.36. The lowest BCUT2D eigenvalue weighted by atomic mass is 10.0. The molecular weight excluding hydrogens is 410 g/mol. The molecule has 6 nitrogen and oxygen atoms in total. The number of para-hydroxylation sites is 1. The summed E-state index contributed by atoms with van der Waals surface area (Å²) in [5.74, 6) is 0.938. The molecule has 162 valence electrons. The maximum absolute atomic E-state index is 13.0. The standard InChI is InChI=1S/C24H27N3O3S/c1-4-29-21-8-6-5-7-19(21)13-18-9-10-20(25-14-18)22-15-27(11-12-30-22)24(28)23-16(2)26-17(3)31-23/h5-10,14,22H,4,11-13,15H2,1-3H3. The van der Waals surface area contributed by atoms with E-state index in [0.717, 1.165) is 44.6 Å². The van der Waals surface area contributed by atoms with Gasteiger partial charge in [0.2, 0.25) is 0 Å². The zero-order valence-corrected chi connectivity index (χ0v) is 18.9. The Labute approximate surface area is 186 Å². The number of pyridine rings is 1. The van der Waals surface area contributed by atoms with E-state index in [4.69, 9.17) is 9.47 Å². The van der Waals surface area contributed by atoms with Crippen molar-refractivity contribution < 1.29 is 14.3 Å². The molecule has 1 atom stereocenters. The van der Waals surface area contributed by atoms with Gasteiger partial charge in [0.15, 0.2) is 0 Å². The first kappa shape index (κ1) is 21.5. The number of amides is 1. The quantitative estimate of drug-likeness (QED) is 0.573. The molecule has 1 fully saturated rings. The van der Waals surface area contributed by atoms with Crippen LogP contribution in [0.4, 0.5) is 0 Å². The van der Waals surface area contributed by atoms with Crippen molar-refractivity contribution in [3.63, 3.8) is 0 Å². The first-order valence-electron chi connectivity index (χ1n) is 10.6. The Balaban J connectivity index is 1.44. The van der Waals surface area contributed by atoms with Crippen molar-refractivity contribution >= 4 is 17.2 Å². The van der Waals surface area contributed by atoms with Crippen molar-refractivity contribution in [2.75, 3.05) is 26.3 Å². The summed E-state index contributed by atoms with van der Waals surface area (Å²) in [5, 5.41) is 0.911. The van der Waals surface area contributed by atoms with E-state index in [2.05, 4.69) is 22.1 Å². The highest BCUT2D eigenvalue weighted by Gasteiger charge is 2.28. The molecule has 3 heterocycles. The van der Waals surface area contributed by atoms with Crippen molar-refractivity contribution in [1.29, 1.82) is 0 Å². The number of thiazole rings is 1. The lowest BCUT2D eigenvalue weighted by molar-refractivity contribution is -0.0246. The van der Waals surface area contributed by atoms with Gasteiger partial charge < -0.3 is 14.4 Å². The van der Waals surface area contributed by atoms with Gasteiger partial charge in [0.1, 0.15) is 16.7 Å². The second-order valence-corrected chi connectivity index (χ2v) is 8.77. The molecule has 3 aromatic rings. The van der Waals surface area contributed by atoms with E-state index >= 15 is 0 Å². The minimum Gasteiger partial charge on any atom is -0.494 e. The highest BCUT2D eigenvalue weighted by atomic mass is 32.1. The Bertz CT molecular complexity index is 1050. The van der Waals surface area contributed by atoms with Gasteiger partial charge in [0.05, 0.1) is 36.2 Å². The molecule has 0 aliphatic carbocycles. The Hall–Kier alpha value is -2.77. The third-order valence-electron chi connectivity index (χ3n) is 5.30. The van der Waals surface area contributed by atoms with E-state index in [-0.39, 0.29) is 12.0 Å². The normalized spacial score (nSPS) is 16.4. The molecule has 1 saturated heterocycles. The van der Waals surface area contributed by atoms with Crippen molar-refractivity contribution in [1.82, 2.24) is 14.9 Å². The minimum absolute atomic E-state index is 0.0283. The van der Waals surface area contributed by atoms with Crippen LogP contribution in [0.3, 0.4) is 0 Å². The summed E-state index contributed by atoms with van der Waals surface area (Å²) in [6, 6.07) is 12.2. The topological polar surface area (TPSA) is 64.5 Å². The molecule has 1 amide bonds. The van der Waals surface area contributed by atoms with Crippen LogP contribution in [0.1, 0.15) is 50.2 Å². The van der Waals surface area contributed by atoms with Gasteiger partial charge in [-0.25, -0.2) is 4.98 Å². The third kappa shape index (κ3) is 4.94. The molecule has 0 N–H and O–H groups in total. The number of aryl methyl sites for hydroxylation is 2. The number of morpholine rings is 1. The number of hydrogen-bond donors (Lipinski definition) is 0. The fourth-order valence-electron chi connectivity index (χ4n) is 3.78. The smallest absolute Gasteiger partial charge is 0.266 e. The Morgan fingerprint density at radius 2 is 2.10 bits per heavy atom. The van der Waals surface area contributed by atoms with E-state index in [0.29, 0.717) is 26.3 Å². The molecule has 0 saturated carbocycles. The maximum atomic E-state index is 13.0. The first-order valence-corrected chi connectivity index (χ1v) is 11.4. The molecule has 1 aliphatic heterocycles. The molecule has 2 aromatic heterocycles. The highest BCUT2D eigenvalue weighted by molar-refractivity contribution is 7.13. The van der Waals surface area contributed by atoms with Crippen LogP contribution in [0.2, 0.25) is 0 Å². The van der Waals surface area contributed by atoms with Crippen molar-refractivity contribution in [2.24, 2.45) is 0 Å². The van der Waals surface area contributed by atoms with E-state index in [1.807, 2.05) is 56.1 Å². The first-order chi connectivity index (χ1) is 15.0. The molecule has 0 bridgehead atoms. The largest absolute Gasteiger partial charge is 0.494 e. The molecule has 1 aliphatic rings.